The first-order valence-corrected chi connectivity index (χ1v) is 12.6. The lowest BCUT2D eigenvalue weighted by atomic mass is 9.98. The Bertz CT molecular complexity index is 1220. The van der Waals surface area contributed by atoms with E-state index in [4.69, 9.17) is 14.9 Å². The highest BCUT2D eigenvalue weighted by molar-refractivity contribution is 8.27. The molecular formula is C27H30N4O3S. The number of nitrogens with one attached hydrogen (secondary N) is 1. The lowest BCUT2D eigenvalue weighted by Crippen LogP contribution is -2.35. The lowest BCUT2D eigenvalue weighted by Gasteiger charge is -2.20. The van der Waals surface area contributed by atoms with E-state index in [1.165, 1.54) is 22.3 Å². The number of hydrogen-bond acceptors (Lipinski definition) is 6. The van der Waals surface area contributed by atoms with Gasteiger partial charge < -0.3 is 9.47 Å². The Morgan fingerprint density at radius 2 is 1.86 bits per heavy atom. The molecule has 0 aromatic heterocycles. The maximum absolute atomic E-state index is 12.6. The van der Waals surface area contributed by atoms with Crippen molar-refractivity contribution in [1.82, 2.24) is 5.01 Å². The molecule has 2 aliphatic rings. The minimum atomic E-state index is -0.436. The van der Waals surface area contributed by atoms with E-state index in [9.17, 15) is 4.79 Å². The summed E-state index contributed by atoms with van der Waals surface area (Å²) in [6, 6.07) is 15.5. The fourth-order valence-corrected chi connectivity index (χ4v) is 4.54. The molecule has 1 amide bonds. The van der Waals surface area contributed by atoms with Gasteiger partial charge in [0.25, 0.3) is 5.91 Å². The van der Waals surface area contributed by atoms with E-state index in [0.29, 0.717) is 30.0 Å². The van der Waals surface area contributed by atoms with Gasteiger partial charge in [-0.25, -0.2) is 0 Å². The SMILES string of the molecule is CCC(C)c1ccccc1OCCOc1cccc(/C=C2\C(=N)N3N=C(C(C)C)SC3=NC2=O)c1. The van der Waals surface area contributed by atoms with Crippen LogP contribution in [0.1, 0.15) is 51.2 Å². The number of hydrogen-bond donors (Lipinski definition) is 1. The van der Waals surface area contributed by atoms with Gasteiger partial charge in [0.15, 0.2) is 5.84 Å². The van der Waals surface area contributed by atoms with Crippen LogP contribution in [0.15, 0.2) is 64.2 Å². The van der Waals surface area contributed by atoms with E-state index in [0.717, 1.165) is 22.8 Å². The first-order valence-electron chi connectivity index (χ1n) is 11.8. The molecule has 182 valence electrons. The molecule has 4 rings (SSSR count). The van der Waals surface area contributed by atoms with Crippen LogP contribution in [0, 0.1) is 11.3 Å². The summed E-state index contributed by atoms with van der Waals surface area (Å²) in [6.45, 7) is 9.21. The second-order valence-corrected chi connectivity index (χ2v) is 9.72. The molecule has 0 bridgehead atoms. The minimum Gasteiger partial charge on any atom is -0.490 e. The third-order valence-electron chi connectivity index (χ3n) is 5.81. The van der Waals surface area contributed by atoms with Crippen molar-refractivity contribution in [1.29, 1.82) is 5.41 Å². The minimum absolute atomic E-state index is 0.0304. The summed E-state index contributed by atoms with van der Waals surface area (Å²) in [5, 5.41) is 15.7. The Kier molecular flexibility index (Phi) is 7.70. The molecule has 1 N–H and O–H groups in total. The summed E-state index contributed by atoms with van der Waals surface area (Å²) < 4.78 is 11.9. The number of ether oxygens (including phenoxy) is 2. The standard InChI is InChI=1S/C27H30N4O3S/c1-5-18(4)21-11-6-7-12-23(21)34-14-13-33-20-10-8-9-19(15-20)16-22-24(28)31-27(29-25(22)32)35-26(30-31)17(2)3/h6-12,15-18,28H,5,13-14H2,1-4H3/b22-16+,28-24?. The zero-order valence-electron chi connectivity index (χ0n) is 20.4. The number of fused-ring (bicyclic) bond motifs is 1. The van der Waals surface area contributed by atoms with Crippen molar-refractivity contribution in [2.75, 3.05) is 13.2 Å². The van der Waals surface area contributed by atoms with Crippen LogP contribution in [0.2, 0.25) is 0 Å². The van der Waals surface area contributed by atoms with Gasteiger partial charge in [0.1, 0.15) is 29.8 Å². The fraction of sp³-hybridized carbons (Fsp3) is 0.333. The number of thioether (sulfide) groups is 1. The van der Waals surface area contributed by atoms with Crippen molar-refractivity contribution in [2.24, 2.45) is 16.0 Å². The Hall–Kier alpha value is -3.39. The van der Waals surface area contributed by atoms with Crippen LogP contribution < -0.4 is 9.47 Å². The molecule has 0 saturated carbocycles. The summed E-state index contributed by atoms with van der Waals surface area (Å²) in [7, 11) is 0. The van der Waals surface area contributed by atoms with E-state index in [1.807, 2.05) is 56.3 Å². The lowest BCUT2D eigenvalue weighted by molar-refractivity contribution is -0.114. The third-order valence-corrected chi connectivity index (χ3v) is 7.01. The number of rotatable bonds is 9. The van der Waals surface area contributed by atoms with Gasteiger partial charge >= 0.3 is 0 Å². The second-order valence-electron chi connectivity index (χ2n) is 8.73. The molecule has 2 aromatic rings. The van der Waals surface area contributed by atoms with Crippen LogP contribution in [-0.2, 0) is 4.79 Å². The molecule has 2 aliphatic heterocycles. The van der Waals surface area contributed by atoms with Crippen LogP contribution in [-0.4, -0.2) is 40.2 Å². The van der Waals surface area contributed by atoms with E-state index < -0.39 is 5.91 Å². The van der Waals surface area contributed by atoms with E-state index in [-0.39, 0.29) is 17.3 Å². The molecular weight excluding hydrogens is 460 g/mol. The zero-order valence-corrected chi connectivity index (χ0v) is 21.3. The Labute approximate surface area is 210 Å². The van der Waals surface area contributed by atoms with Crippen LogP contribution >= 0.6 is 11.8 Å². The molecule has 0 aliphatic carbocycles. The molecule has 0 spiro atoms. The number of nitrogens with zero attached hydrogens (tertiary/aromatic N) is 3. The Balaban J connectivity index is 1.40. The van der Waals surface area contributed by atoms with Gasteiger partial charge in [0.05, 0.1) is 5.57 Å². The van der Waals surface area contributed by atoms with Crippen LogP contribution in [0.4, 0.5) is 0 Å². The highest BCUT2D eigenvalue weighted by Gasteiger charge is 2.36. The van der Waals surface area contributed by atoms with Crippen molar-refractivity contribution >= 4 is 39.8 Å². The number of para-hydroxylation sites is 1. The molecule has 8 heteroatoms. The average molecular weight is 491 g/mol. The second kappa shape index (κ2) is 10.9. The van der Waals surface area contributed by atoms with Crippen molar-refractivity contribution in [3.8, 4) is 11.5 Å². The van der Waals surface area contributed by atoms with E-state index in [1.54, 1.807) is 6.08 Å². The first kappa shape index (κ1) is 24.7. The summed E-state index contributed by atoms with van der Waals surface area (Å²) in [5.41, 5.74) is 2.15. The van der Waals surface area contributed by atoms with E-state index in [2.05, 4.69) is 30.0 Å². The number of benzene rings is 2. The predicted molar refractivity (Wildman–Crippen MR) is 142 cm³/mol. The molecule has 2 heterocycles. The molecule has 0 fully saturated rings. The van der Waals surface area contributed by atoms with Gasteiger partial charge in [0.2, 0.25) is 5.17 Å². The number of amidine groups is 2. The highest BCUT2D eigenvalue weighted by atomic mass is 32.2. The third kappa shape index (κ3) is 5.65. The number of amides is 1. The van der Waals surface area contributed by atoms with Gasteiger partial charge in [-0.05, 0) is 59.5 Å². The number of hydrazone groups is 1. The van der Waals surface area contributed by atoms with Crippen molar-refractivity contribution in [2.45, 2.75) is 40.0 Å². The predicted octanol–water partition coefficient (Wildman–Crippen LogP) is 5.93. The highest BCUT2D eigenvalue weighted by Crippen LogP contribution is 2.31. The summed E-state index contributed by atoms with van der Waals surface area (Å²) in [6.07, 6.45) is 2.71. The maximum atomic E-state index is 12.6. The average Bonchev–Trinajstić information content (AvgIpc) is 3.29. The molecule has 2 aromatic carbocycles. The molecule has 0 saturated heterocycles. The number of carbonyl (C=O) groups is 1. The Morgan fingerprint density at radius 1 is 1.09 bits per heavy atom. The van der Waals surface area contributed by atoms with Crippen molar-refractivity contribution in [3.05, 3.63) is 65.2 Å². The van der Waals surface area contributed by atoms with Crippen LogP contribution in [0.5, 0.6) is 11.5 Å². The number of aliphatic imine (C=N–C) groups is 1. The summed E-state index contributed by atoms with van der Waals surface area (Å²) in [4.78, 5) is 16.8. The molecule has 35 heavy (non-hydrogen) atoms. The normalized spacial score (nSPS) is 17.4. The smallest absolute Gasteiger partial charge is 0.283 e. The van der Waals surface area contributed by atoms with Gasteiger partial charge in [-0.2, -0.15) is 15.1 Å². The Morgan fingerprint density at radius 3 is 2.63 bits per heavy atom. The molecule has 0 radical (unpaired) electrons. The van der Waals surface area contributed by atoms with Gasteiger partial charge in [-0.3, -0.25) is 10.2 Å². The largest absolute Gasteiger partial charge is 0.490 e. The van der Waals surface area contributed by atoms with E-state index >= 15 is 0 Å². The van der Waals surface area contributed by atoms with Crippen molar-refractivity contribution in [3.63, 3.8) is 0 Å². The first-order chi connectivity index (χ1) is 16.9. The summed E-state index contributed by atoms with van der Waals surface area (Å²) in [5.74, 6) is 1.78. The fourth-order valence-electron chi connectivity index (χ4n) is 3.65. The zero-order chi connectivity index (χ0) is 24.9. The molecule has 1 unspecified atom stereocenters. The van der Waals surface area contributed by atoms with Crippen molar-refractivity contribution < 1.29 is 14.3 Å². The van der Waals surface area contributed by atoms with Gasteiger partial charge in [-0.1, -0.05) is 58.0 Å². The maximum Gasteiger partial charge on any atom is 0.283 e. The molecule has 7 nitrogen and oxygen atoms in total. The van der Waals surface area contributed by atoms with Crippen LogP contribution in [0.25, 0.3) is 6.08 Å². The quantitative estimate of drug-likeness (QED) is 0.348. The van der Waals surface area contributed by atoms with Gasteiger partial charge in [0, 0.05) is 5.92 Å². The van der Waals surface area contributed by atoms with Crippen LogP contribution in [0.3, 0.4) is 0 Å². The monoisotopic (exact) mass is 490 g/mol. The van der Waals surface area contributed by atoms with Gasteiger partial charge in [-0.15, -0.1) is 0 Å². The molecule has 1 atom stereocenters. The topological polar surface area (TPSA) is 87.3 Å². The number of carbonyl (C=O) groups excluding carboxylic acids is 1. The summed E-state index contributed by atoms with van der Waals surface area (Å²) >= 11 is 1.34.